The van der Waals surface area contributed by atoms with Crippen molar-refractivity contribution >= 4 is 5.97 Å². The Morgan fingerprint density at radius 1 is 1.77 bits per heavy atom. The zero-order valence-electron chi connectivity index (χ0n) is 8.42. The maximum absolute atomic E-state index is 11.0. The summed E-state index contributed by atoms with van der Waals surface area (Å²) in [6, 6.07) is 0. The molecule has 0 aromatic rings. The van der Waals surface area contributed by atoms with Crippen molar-refractivity contribution in [1.82, 2.24) is 0 Å². The van der Waals surface area contributed by atoms with Crippen molar-refractivity contribution in [3.8, 4) is 0 Å². The fraction of sp³-hybridized carbons (Fsp3) is 0.700. The minimum atomic E-state index is -0.343. The van der Waals surface area contributed by atoms with Crippen LogP contribution in [0.15, 0.2) is 12.2 Å². The van der Waals surface area contributed by atoms with Gasteiger partial charge in [-0.05, 0) is 20.8 Å². The molecule has 0 radical (unpaired) electrons. The highest BCUT2D eigenvalue weighted by atomic mass is 16.6. The van der Waals surface area contributed by atoms with Crippen molar-refractivity contribution in [3.05, 3.63) is 12.2 Å². The van der Waals surface area contributed by atoms with Gasteiger partial charge in [0.25, 0.3) is 0 Å². The molecule has 0 amide bonds. The van der Waals surface area contributed by atoms with E-state index in [9.17, 15) is 4.79 Å². The lowest BCUT2D eigenvalue weighted by Gasteiger charge is -2.43. The van der Waals surface area contributed by atoms with Gasteiger partial charge in [0.15, 0.2) is 0 Å². The van der Waals surface area contributed by atoms with Crippen LogP contribution in [0.1, 0.15) is 27.2 Å². The van der Waals surface area contributed by atoms with E-state index in [4.69, 9.17) is 9.47 Å². The van der Waals surface area contributed by atoms with Gasteiger partial charge in [-0.3, -0.25) is 0 Å². The molecule has 1 saturated heterocycles. The summed E-state index contributed by atoms with van der Waals surface area (Å²) in [5.74, 6) is -0.343. The summed E-state index contributed by atoms with van der Waals surface area (Å²) >= 11 is 0. The molecule has 2 unspecified atom stereocenters. The number of carbonyl (C=O) groups is 1. The van der Waals surface area contributed by atoms with E-state index in [2.05, 4.69) is 6.58 Å². The van der Waals surface area contributed by atoms with Crippen LogP contribution in [0.3, 0.4) is 0 Å². The SMILES string of the molecule is C=C(C)C(=O)OCC1(C)CC(C)O1. The smallest absolute Gasteiger partial charge is 0.333 e. The first kappa shape index (κ1) is 10.3. The average molecular weight is 184 g/mol. The summed E-state index contributed by atoms with van der Waals surface area (Å²) in [5, 5.41) is 0. The van der Waals surface area contributed by atoms with E-state index in [0.29, 0.717) is 12.2 Å². The molecule has 1 fully saturated rings. The molecule has 0 spiro atoms. The predicted molar refractivity (Wildman–Crippen MR) is 49.3 cm³/mol. The fourth-order valence-electron chi connectivity index (χ4n) is 1.52. The molecule has 1 aliphatic heterocycles. The molecule has 1 aliphatic rings. The first-order valence-corrected chi connectivity index (χ1v) is 4.43. The summed E-state index contributed by atoms with van der Waals surface area (Å²) in [7, 11) is 0. The summed E-state index contributed by atoms with van der Waals surface area (Å²) in [5.41, 5.74) is 0.154. The molecular formula is C10H16O3. The number of ether oxygens (including phenoxy) is 2. The van der Waals surface area contributed by atoms with Gasteiger partial charge in [-0.25, -0.2) is 4.79 Å². The Morgan fingerprint density at radius 2 is 2.31 bits per heavy atom. The summed E-state index contributed by atoms with van der Waals surface area (Å²) < 4.78 is 10.4. The van der Waals surface area contributed by atoms with Crippen LogP contribution in [0, 0.1) is 0 Å². The zero-order chi connectivity index (χ0) is 10.1. The highest BCUT2D eigenvalue weighted by Crippen LogP contribution is 2.32. The Kier molecular flexibility index (Phi) is 2.76. The van der Waals surface area contributed by atoms with E-state index in [0.717, 1.165) is 6.42 Å². The number of carbonyl (C=O) groups excluding carboxylic acids is 1. The Labute approximate surface area is 78.7 Å². The minimum Gasteiger partial charge on any atom is -0.459 e. The van der Waals surface area contributed by atoms with Crippen LogP contribution in [0.25, 0.3) is 0 Å². The van der Waals surface area contributed by atoms with Gasteiger partial charge < -0.3 is 9.47 Å². The lowest BCUT2D eigenvalue weighted by atomic mass is 9.93. The highest BCUT2D eigenvalue weighted by Gasteiger charge is 2.40. The van der Waals surface area contributed by atoms with Gasteiger partial charge in [-0.15, -0.1) is 0 Å². The normalized spacial score (nSPS) is 32.1. The van der Waals surface area contributed by atoms with Crippen molar-refractivity contribution in [3.63, 3.8) is 0 Å². The fourth-order valence-corrected chi connectivity index (χ4v) is 1.52. The third kappa shape index (κ3) is 2.56. The predicted octanol–water partition coefficient (Wildman–Crippen LogP) is 1.67. The topological polar surface area (TPSA) is 35.5 Å². The van der Waals surface area contributed by atoms with Gasteiger partial charge in [0.05, 0.1) is 6.10 Å². The van der Waals surface area contributed by atoms with Gasteiger partial charge in [-0.1, -0.05) is 6.58 Å². The second-order valence-corrected chi connectivity index (χ2v) is 3.94. The Balaban J connectivity index is 2.27. The third-order valence-corrected chi connectivity index (χ3v) is 2.06. The monoisotopic (exact) mass is 184 g/mol. The van der Waals surface area contributed by atoms with E-state index in [1.807, 2.05) is 13.8 Å². The molecule has 0 N–H and O–H groups in total. The summed E-state index contributed by atoms with van der Waals surface area (Å²) in [4.78, 5) is 11.0. The number of hydrogen-bond acceptors (Lipinski definition) is 3. The van der Waals surface area contributed by atoms with Crippen LogP contribution in [-0.2, 0) is 14.3 Å². The van der Waals surface area contributed by atoms with E-state index >= 15 is 0 Å². The third-order valence-electron chi connectivity index (χ3n) is 2.06. The Hall–Kier alpha value is -0.830. The van der Waals surface area contributed by atoms with Crippen LogP contribution in [-0.4, -0.2) is 24.3 Å². The molecule has 1 heterocycles. The van der Waals surface area contributed by atoms with Crippen LogP contribution in [0.4, 0.5) is 0 Å². The maximum Gasteiger partial charge on any atom is 0.333 e. The van der Waals surface area contributed by atoms with E-state index < -0.39 is 0 Å². The van der Waals surface area contributed by atoms with Crippen molar-refractivity contribution in [2.24, 2.45) is 0 Å². The second-order valence-electron chi connectivity index (χ2n) is 3.94. The largest absolute Gasteiger partial charge is 0.459 e. The average Bonchev–Trinajstić information content (AvgIpc) is 1.97. The molecule has 1 rings (SSSR count). The van der Waals surface area contributed by atoms with Crippen molar-refractivity contribution in [1.29, 1.82) is 0 Å². The molecule has 2 atom stereocenters. The van der Waals surface area contributed by atoms with Gasteiger partial charge in [0.1, 0.15) is 12.2 Å². The highest BCUT2D eigenvalue weighted by molar-refractivity contribution is 5.86. The maximum atomic E-state index is 11.0. The van der Waals surface area contributed by atoms with E-state index in [1.165, 1.54) is 0 Å². The second kappa shape index (κ2) is 3.50. The molecule has 0 aromatic carbocycles. The Bertz CT molecular complexity index is 226. The lowest BCUT2D eigenvalue weighted by molar-refractivity contribution is -0.212. The lowest BCUT2D eigenvalue weighted by Crippen LogP contribution is -2.50. The molecule has 3 nitrogen and oxygen atoms in total. The first-order valence-electron chi connectivity index (χ1n) is 4.43. The summed E-state index contributed by atoms with van der Waals surface area (Å²) in [6.45, 7) is 9.40. The first-order chi connectivity index (χ1) is 5.93. The number of rotatable bonds is 3. The van der Waals surface area contributed by atoms with E-state index in [1.54, 1.807) is 6.92 Å². The molecule has 0 saturated carbocycles. The van der Waals surface area contributed by atoms with Crippen LogP contribution >= 0.6 is 0 Å². The van der Waals surface area contributed by atoms with Crippen LogP contribution in [0.5, 0.6) is 0 Å². The van der Waals surface area contributed by atoms with Gasteiger partial charge in [0, 0.05) is 12.0 Å². The molecule has 0 aromatic heterocycles. The van der Waals surface area contributed by atoms with Crippen molar-refractivity contribution in [2.45, 2.75) is 38.9 Å². The standard InChI is InChI=1S/C10H16O3/c1-7(2)9(11)12-6-10(4)5-8(3)13-10/h8H,1,5-6H2,2-4H3. The van der Waals surface area contributed by atoms with Crippen molar-refractivity contribution in [2.75, 3.05) is 6.61 Å². The molecule has 13 heavy (non-hydrogen) atoms. The number of esters is 1. The zero-order valence-corrected chi connectivity index (χ0v) is 8.42. The molecule has 74 valence electrons. The molecule has 0 aliphatic carbocycles. The van der Waals surface area contributed by atoms with Gasteiger partial charge in [0.2, 0.25) is 0 Å². The molecular weight excluding hydrogens is 168 g/mol. The molecule has 0 bridgehead atoms. The van der Waals surface area contributed by atoms with Crippen LogP contribution in [0.2, 0.25) is 0 Å². The van der Waals surface area contributed by atoms with Gasteiger partial charge in [-0.2, -0.15) is 0 Å². The summed E-state index contributed by atoms with van der Waals surface area (Å²) in [6.07, 6.45) is 1.23. The quantitative estimate of drug-likeness (QED) is 0.494. The van der Waals surface area contributed by atoms with Gasteiger partial charge >= 0.3 is 5.97 Å². The van der Waals surface area contributed by atoms with Crippen LogP contribution < -0.4 is 0 Å². The molecule has 3 heteroatoms. The Morgan fingerprint density at radius 3 is 2.69 bits per heavy atom. The van der Waals surface area contributed by atoms with E-state index in [-0.39, 0.29) is 17.7 Å². The minimum absolute atomic E-state index is 0.273. The van der Waals surface area contributed by atoms with Crippen molar-refractivity contribution < 1.29 is 14.3 Å². The number of hydrogen-bond donors (Lipinski definition) is 0.